The second kappa shape index (κ2) is 5.79. The van der Waals surface area contributed by atoms with Crippen LogP contribution in [-0.2, 0) is 9.73 Å². The Morgan fingerprint density at radius 1 is 1.25 bits per heavy atom. The third kappa shape index (κ3) is 2.85. The van der Waals surface area contributed by atoms with Crippen molar-refractivity contribution >= 4 is 9.73 Å². The summed E-state index contributed by atoms with van der Waals surface area (Å²) in [5.41, 5.74) is 1.37. The van der Waals surface area contributed by atoms with Gasteiger partial charge in [-0.1, -0.05) is 12.1 Å². The van der Waals surface area contributed by atoms with Crippen LogP contribution in [-0.4, -0.2) is 25.2 Å². The molecule has 0 aliphatic carbocycles. The molecule has 0 aliphatic rings. The molecule has 0 fully saturated rings. The van der Waals surface area contributed by atoms with Crippen molar-refractivity contribution in [3.8, 4) is 23.0 Å². The summed E-state index contributed by atoms with van der Waals surface area (Å²) < 4.78 is 20.5. The highest BCUT2D eigenvalue weighted by molar-refractivity contribution is 7.91. The number of H-pyrrole nitrogens is 1. The first-order valence-electron chi connectivity index (χ1n) is 6.91. The highest BCUT2D eigenvalue weighted by atomic mass is 32.2. The van der Waals surface area contributed by atoms with E-state index in [0.29, 0.717) is 27.4 Å². The van der Waals surface area contributed by atoms with E-state index < -0.39 is 9.73 Å². The molecule has 0 bridgehead atoms. The third-order valence-corrected chi connectivity index (χ3v) is 4.64. The third-order valence-electron chi connectivity index (χ3n) is 3.50. The minimum Gasteiger partial charge on any atom is -0.296 e. The topological polar surface area (TPSA) is 115 Å². The molecule has 2 heterocycles. The lowest BCUT2D eigenvalue weighted by atomic mass is 10.1. The quantitative estimate of drug-likeness (QED) is 0.760. The van der Waals surface area contributed by atoms with Crippen molar-refractivity contribution in [2.45, 2.75) is 4.90 Å². The molecule has 0 saturated heterocycles. The average molecular weight is 339 g/mol. The van der Waals surface area contributed by atoms with E-state index in [-0.39, 0.29) is 5.56 Å². The molecule has 0 aliphatic heterocycles. The van der Waals surface area contributed by atoms with E-state index in [2.05, 4.69) is 10.1 Å². The van der Waals surface area contributed by atoms with Gasteiger partial charge in [0.25, 0.3) is 5.56 Å². The fourth-order valence-electron chi connectivity index (χ4n) is 2.21. The molecular weight excluding hydrogens is 326 g/mol. The Morgan fingerprint density at radius 2 is 1.96 bits per heavy atom. The number of rotatable bonds is 3. The van der Waals surface area contributed by atoms with Gasteiger partial charge in [0.2, 0.25) is 0 Å². The normalized spacial score (nSPS) is 13.2. The van der Waals surface area contributed by atoms with Crippen LogP contribution in [0.1, 0.15) is 5.56 Å². The number of hydrogen-bond donors (Lipinski definition) is 2. The first-order chi connectivity index (χ1) is 11.4. The molecule has 0 saturated carbocycles. The molecule has 8 heteroatoms. The van der Waals surface area contributed by atoms with Crippen molar-refractivity contribution in [3.63, 3.8) is 0 Å². The summed E-state index contributed by atoms with van der Waals surface area (Å²) >= 11 is 0. The summed E-state index contributed by atoms with van der Waals surface area (Å²) in [5.74, 6) is 0.340. The van der Waals surface area contributed by atoms with E-state index in [1.54, 1.807) is 30.5 Å². The zero-order chi connectivity index (χ0) is 17.3. The minimum absolute atomic E-state index is 0.289. The summed E-state index contributed by atoms with van der Waals surface area (Å²) in [5, 5.41) is 11.7. The van der Waals surface area contributed by atoms with E-state index in [1.807, 2.05) is 6.07 Å². The zero-order valence-electron chi connectivity index (χ0n) is 12.7. The number of nitrogens with zero attached hydrogens (tertiary/aromatic N) is 3. The fraction of sp³-hybridized carbons (Fsp3) is 0.0625. The van der Waals surface area contributed by atoms with Crippen LogP contribution in [0.5, 0.6) is 0 Å². The minimum atomic E-state index is -2.84. The maximum Gasteiger partial charge on any atom is 0.280 e. The lowest BCUT2D eigenvalue weighted by Gasteiger charge is -2.03. The summed E-state index contributed by atoms with van der Waals surface area (Å²) in [6.45, 7) is 0. The molecule has 120 valence electrons. The number of pyridine rings is 1. The molecular formula is C16H13N5O2S. The maximum atomic E-state index is 12.5. The Labute approximate surface area is 138 Å². The fourth-order valence-corrected chi connectivity index (χ4v) is 2.79. The Kier molecular flexibility index (Phi) is 3.79. The lowest BCUT2D eigenvalue weighted by molar-refractivity contribution is 0.678. The standard InChI is InChI=1S/C16H13N5O2S/c1-24(18,23)13-6-7-15(19-9-13)21-16(22)14(10-20-21)12-4-2-11(8-17)3-5-12/h2-7,9-10,18,20H,1H3. The van der Waals surface area contributed by atoms with Crippen molar-refractivity contribution < 1.29 is 4.21 Å². The van der Waals surface area contributed by atoms with Gasteiger partial charge in [0.15, 0.2) is 5.82 Å². The molecule has 2 N–H and O–H groups in total. The Morgan fingerprint density at radius 3 is 2.50 bits per heavy atom. The Bertz CT molecular complexity index is 1090. The molecule has 2 aromatic heterocycles. The predicted molar refractivity (Wildman–Crippen MR) is 89.4 cm³/mol. The van der Waals surface area contributed by atoms with Crippen LogP contribution in [0.4, 0.5) is 0 Å². The molecule has 1 unspecified atom stereocenters. The van der Waals surface area contributed by atoms with Crippen molar-refractivity contribution in [2.24, 2.45) is 0 Å². The number of aromatic amines is 1. The number of benzene rings is 1. The SMILES string of the molecule is CS(=N)(=O)c1ccc(-n2[nH]cc(-c3ccc(C#N)cc3)c2=O)nc1. The smallest absolute Gasteiger partial charge is 0.280 e. The van der Waals surface area contributed by atoms with Crippen LogP contribution in [0.2, 0.25) is 0 Å². The van der Waals surface area contributed by atoms with E-state index in [1.165, 1.54) is 29.3 Å². The molecule has 0 radical (unpaired) electrons. The van der Waals surface area contributed by atoms with E-state index >= 15 is 0 Å². The monoisotopic (exact) mass is 339 g/mol. The van der Waals surface area contributed by atoms with E-state index in [9.17, 15) is 9.00 Å². The van der Waals surface area contributed by atoms with Crippen LogP contribution in [0.25, 0.3) is 16.9 Å². The summed E-state index contributed by atoms with van der Waals surface area (Å²) in [4.78, 5) is 16.9. The van der Waals surface area contributed by atoms with Gasteiger partial charge in [0, 0.05) is 18.6 Å². The van der Waals surface area contributed by atoms with Crippen molar-refractivity contribution in [1.82, 2.24) is 14.8 Å². The van der Waals surface area contributed by atoms with Crippen molar-refractivity contribution in [3.05, 3.63) is 64.7 Å². The highest BCUT2D eigenvalue weighted by Crippen LogP contribution is 2.16. The van der Waals surface area contributed by atoms with Crippen molar-refractivity contribution in [1.29, 1.82) is 10.0 Å². The van der Waals surface area contributed by atoms with Crippen molar-refractivity contribution in [2.75, 3.05) is 6.26 Å². The average Bonchev–Trinajstić information content (AvgIpc) is 2.96. The molecule has 1 aromatic carbocycles. The van der Waals surface area contributed by atoms with Crippen LogP contribution in [0.15, 0.2) is 58.5 Å². The number of hydrogen-bond acceptors (Lipinski definition) is 5. The molecule has 3 aromatic rings. The second-order valence-corrected chi connectivity index (χ2v) is 7.37. The van der Waals surface area contributed by atoms with Crippen LogP contribution in [0.3, 0.4) is 0 Å². The maximum absolute atomic E-state index is 12.5. The van der Waals surface area contributed by atoms with Gasteiger partial charge in [-0.25, -0.2) is 18.7 Å². The molecule has 1 atom stereocenters. The Balaban J connectivity index is 2.01. The van der Waals surface area contributed by atoms with Crippen LogP contribution >= 0.6 is 0 Å². The first kappa shape index (κ1) is 15.7. The molecule has 24 heavy (non-hydrogen) atoms. The van der Waals surface area contributed by atoms with Gasteiger partial charge in [-0.2, -0.15) is 5.26 Å². The van der Waals surface area contributed by atoms with Gasteiger partial charge in [-0.15, -0.1) is 0 Å². The zero-order valence-corrected chi connectivity index (χ0v) is 13.5. The summed E-state index contributed by atoms with van der Waals surface area (Å²) in [6.07, 6.45) is 4.21. The molecule has 7 nitrogen and oxygen atoms in total. The highest BCUT2D eigenvalue weighted by Gasteiger charge is 2.11. The van der Waals surface area contributed by atoms with E-state index in [4.69, 9.17) is 10.0 Å². The van der Waals surface area contributed by atoms with Gasteiger partial charge >= 0.3 is 0 Å². The van der Waals surface area contributed by atoms with Crippen LogP contribution < -0.4 is 5.56 Å². The van der Waals surface area contributed by atoms with Gasteiger partial charge in [-0.3, -0.25) is 9.89 Å². The predicted octanol–water partition coefficient (Wildman–Crippen LogP) is 2.13. The largest absolute Gasteiger partial charge is 0.296 e. The van der Waals surface area contributed by atoms with Crippen LogP contribution in [0, 0.1) is 16.1 Å². The number of nitriles is 1. The first-order valence-corrected chi connectivity index (χ1v) is 8.88. The number of nitrogens with one attached hydrogen (secondary N) is 2. The summed E-state index contributed by atoms with van der Waals surface area (Å²) in [7, 11) is -2.84. The van der Waals surface area contributed by atoms with Gasteiger partial charge in [0.05, 0.1) is 31.8 Å². The Hall–Kier alpha value is -3.18. The molecule has 0 spiro atoms. The molecule has 3 rings (SSSR count). The lowest BCUT2D eigenvalue weighted by Crippen LogP contribution is -2.17. The van der Waals surface area contributed by atoms with Gasteiger partial charge < -0.3 is 0 Å². The number of aromatic nitrogens is 3. The van der Waals surface area contributed by atoms with Gasteiger partial charge in [-0.05, 0) is 29.8 Å². The van der Waals surface area contributed by atoms with Gasteiger partial charge in [0.1, 0.15) is 0 Å². The van der Waals surface area contributed by atoms with E-state index in [0.717, 1.165) is 0 Å². The second-order valence-electron chi connectivity index (χ2n) is 5.21. The molecule has 0 amide bonds. The summed E-state index contributed by atoms with van der Waals surface area (Å²) in [6, 6.07) is 11.8.